The van der Waals surface area contributed by atoms with E-state index in [4.69, 9.17) is 15.2 Å². The van der Waals surface area contributed by atoms with Gasteiger partial charge in [0.15, 0.2) is 23.9 Å². The van der Waals surface area contributed by atoms with Gasteiger partial charge in [-0.25, -0.2) is 30.7 Å². The van der Waals surface area contributed by atoms with Crippen molar-refractivity contribution in [1.29, 1.82) is 0 Å². The molecule has 0 bridgehead atoms. The SMILES string of the molecule is CC(C)C(N)C(=O)OCn1nc(-c2cc(F)ccc2F)c2c(NCCS(C)(=O)=O)nc(Oc3ccc(F)cc3F)nc21. The van der Waals surface area contributed by atoms with Crippen molar-refractivity contribution >= 4 is 32.7 Å². The highest BCUT2D eigenvalue weighted by Gasteiger charge is 2.25. The molecule has 0 aliphatic carbocycles. The molecule has 0 fully saturated rings. The minimum absolute atomic E-state index is 0.0239. The molecule has 2 heterocycles. The van der Waals surface area contributed by atoms with Gasteiger partial charge in [-0.1, -0.05) is 13.8 Å². The highest BCUT2D eigenvalue weighted by atomic mass is 32.2. The van der Waals surface area contributed by atoms with Crippen molar-refractivity contribution in [2.24, 2.45) is 11.7 Å². The number of hydrogen-bond donors (Lipinski definition) is 2. The zero-order valence-corrected chi connectivity index (χ0v) is 23.4. The first-order chi connectivity index (χ1) is 19.7. The van der Waals surface area contributed by atoms with Gasteiger partial charge in [0.25, 0.3) is 0 Å². The lowest BCUT2D eigenvalue weighted by Gasteiger charge is -2.14. The normalized spacial score (nSPS) is 12.5. The van der Waals surface area contributed by atoms with Crippen LogP contribution in [0.15, 0.2) is 36.4 Å². The van der Waals surface area contributed by atoms with Crippen LogP contribution in [0.5, 0.6) is 11.8 Å². The largest absolute Gasteiger partial charge is 0.441 e. The van der Waals surface area contributed by atoms with E-state index in [0.717, 1.165) is 41.3 Å². The van der Waals surface area contributed by atoms with E-state index in [9.17, 15) is 30.8 Å². The number of fused-ring (bicyclic) bond motifs is 1. The van der Waals surface area contributed by atoms with Crippen molar-refractivity contribution in [2.45, 2.75) is 26.6 Å². The Kier molecular flexibility index (Phi) is 8.96. The number of esters is 1. The van der Waals surface area contributed by atoms with Gasteiger partial charge in [0, 0.05) is 24.4 Å². The van der Waals surface area contributed by atoms with E-state index in [0.29, 0.717) is 6.07 Å². The summed E-state index contributed by atoms with van der Waals surface area (Å²) in [4.78, 5) is 20.8. The number of carbonyl (C=O) groups is 1. The standard InChI is InChI=1S/C26H26F4N6O5S/c1-13(2)21(31)25(37)40-12-36-24-20(22(35-36)16-10-14(27)4-6-17(16)29)23(32-8-9-42(3,38)39)33-26(34-24)41-19-7-5-15(28)11-18(19)30/h4-7,10-11,13,21H,8-9,12,31H2,1-3H3,(H,32,33,34). The van der Waals surface area contributed by atoms with E-state index in [1.807, 2.05) is 0 Å². The molecule has 1 atom stereocenters. The van der Waals surface area contributed by atoms with Gasteiger partial charge in [0.1, 0.15) is 44.8 Å². The highest BCUT2D eigenvalue weighted by Crippen LogP contribution is 2.36. The summed E-state index contributed by atoms with van der Waals surface area (Å²) in [6.45, 7) is 2.64. The van der Waals surface area contributed by atoms with Crippen LogP contribution in [0.25, 0.3) is 22.3 Å². The zero-order valence-electron chi connectivity index (χ0n) is 22.6. The summed E-state index contributed by atoms with van der Waals surface area (Å²) in [7, 11) is -3.44. The van der Waals surface area contributed by atoms with Gasteiger partial charge in [-0.15, -0.1) is 0 Å². The summed E-state index contributed by atoms with van der Waals surface area (Å²) in [5, 5.41) is 7.05. The first-order valence-corrected chi connectivity index (χ1v) is 14.5. The molecule has 42 heavy (non-hydrogen) atoms. The Balaban J connectivity index is 1.90. The van der Waals surface area contributed by atoms with Crippen LogP contribution in [0.3, 0.4) is 0 Å². The third kappa shape index (κ3) is 7.12. The topological polar surface area (TPSA) is 151 Å². The molecule has 0 aliphatic rings. The van der Waals surface area contributed by atoms with Gasteiger partial charge in [-0.2, -0.15) is 15.1 Å². The second-order valence-corrected chi connectivity index (χ2v) is 11.9. The third-order valence-electron chi connectivity index (χ3n) is 5.93. The van der Waals surface area contributed by atoms with Crippen molar-refractivity contribution in [2.75, 3.05) is 23.9 Å². The van der Waals surface area contributed by atoms with Gasteiger partial charge >= 0.3 is 12.0 Å². The quantitative estimate of drug-likeness (QED) is 0.190. The zero-order chi connectivity index (χ0) is 30.8. The fraction of sp³-hybridized carbons (Fsp3) is 0.308. The number of anilines is 1. The molecular formula is C26H26F4N6O5S. The fourth-order valence-electron chi connectivity index (χ4n) is 3.69. The lowest BCUT2D eigenvalue weighted by atomic mass is 10.1. The van der Waals surface area contributed by atoms with Crippen LogP contribution in [-0.4, -0.2) is 58.7 Å². The van der Waals surface area contributed by atoms with Crippen LogP contribution in [0.4, 0.5) is 23.4 Å². The van der Waals surface area contributed by atoms with Crippen LogP contribution in [0.1, 0.15) is 13.8 Å². The molecule has 0 saturated carbocycles. The minimum atomic E-state index is -3.44. The smallest absolute Gasteiger partial charge is 0.326 e. The van der Waals surface area contributed by atoms with Crippen molar-refractivity contribution in [3.63, 3.8) is 0 Å². The average Bonchev–Trinajstić information content (AvgIpc) is 3.27. The molecule has 0 radical (unpaired) electrons. The predicted molar refractivity (Wildman–Crippen MR) is 144 cm³/mol. The lowest BCUT2D eigenvalue weighted by Crippen LogP contribution is -2.37. The molecule has 4 aromatic rings. The fourth-order valence-corrected chi connectivity index (χ4v) is 4.16. The number of carbonyl (C=O) groups excluding carboxylic acids is 1. The first kappa shape index (κ1) is 30.6. The number of nitrogens with zero attached hydrogens (tertiary/aromatic N) is 4. The molecule has 3 N–H and O–H groups in total. The van der Waals surface area contributed by atoms with Gasteiger partial charge in [0.05, 0.1) is 11.1 Å². The van der Waals surface area contributed by atoms with Crippen molar-refractivity contribution < 1.29 is 40.2 Å². The predicted octanol–water partition coefficient (Wildman–Crippen LogP) is 3.78. The molecule has 0 aliphatic heterocycles. The van der Waals surface area contributed by atoms with E-state index in [1.165, 1.54) is 0 Å². The second-order valence-electron chi connectivity index (χ2n) is 9.62. The summed E-state index contributed by atoms with van der Waals surface area (Å²) in [5.74, 6) is -5.56. The van der Waals surface area contributed by atoms with E-state index >= 15 is 0 Å². The Morgan fingerprint density at radius 2 is 1.74 bits per heavy atom. The molecule has 4 rings (SSSR count). The van der Waals surface area contributed by atoms with Crippen LogP contribution in [-0.2, 0) is 26.1 Å². The summed E-state index contributed by atoms with van der Waals surface area (Å²) in [6.07, 6.45) is 1.01. The molecule has 1 unspecified atom stereocenters. The Bertz CT molecular complexity index is 1750. The highest BCUT2D eigenvalue weighted by molar-refractivity contribution is 7.90. The Labute approximate surface area is 237 Å². The number of nitrogens with two attached hydrogens (primary N) is 1. The van der Waals surface area contributed by atoms with Crippen LogP contribution >= 0.6 is 0 Å². The maximum atomic E-state index is 14.9. The number of hydrogen-bond acceptors (Lipinski definition) is 10. The Morgan fingerprint density at radius 1 is 1.05 bits per heavy atom. The van der Waals surface area contributed by atoms with Crippen LogP contribution in [0.2, 0.25) is 0 Å². The van der Waals surface area contributed by atoms with Crippen molar-refractivity contribution in [3.05, 3.63) is 59.7 Å². The molecule has 2 aromatic carbocycles. The first-order valence-electron chi connectivity index (χ1n) is 12.4. The maximum Gasteiger partial charge on any atom is 0.326 e. The number of rotatable bonds is 11. The molecular weight excluding hydrogens is 584 g/mol. The van der Waals surface area contributed by atoms with E-state index < -0.39 is 63.6 Å². The van der Waals surface area contributed by atoms with Gasteiger partial charge in [-0.05, 0) is 36.2 Å². The second kappa shape index (κ2) is 12.3. The van der Waals surface area contributed by atoms with Crippen molar-refractivity contribution in [3.8, 4) is 23.0 Å². The van der Waals surface area contributed by atoms with E-state index in [1.54, 1.807) is 13.8 Å². The molecule has 2 aromatic heterocycles. The van der Waals surface area contributed by atoms with Crippen LogP contribution < -0.4 is 15.8 Å². The summed E-state index contributed by atoms with van der Waals surface area (Å²) in [6, 6.07) is 3.68. The Morgan fingerprint density at radius 3 is 2.40 bits per heavy atom. The molecule has 0 spiro atoms. The number of aromatic nitrogens is 4. The molecule has 224 valence electrons. The van der Waals surface area contributed by atoms with Gasteiger partial charge < -0.3 is 20.5 Å². The molecule has 0 amide bonds. The number of benzene rings is 2. The summed E-state index contributed by atoms with van der Waals surface area (Å²) >= 11 is 0. The van der Waals surface area contributed by atoms with Crippen molar-refractivity contribution in [1.82, 2.24) is 19.7 Å². The number of ether oxygens (including phenoxy) is 2. The minimum Gasteiger partial charge on any atom is -0.441 e. The number of nitrogens with one attached hydrogen (secondary N) is 1. The van der Waals surface area contributed by atoms with Gasteiger partial charge in [-0.3, -0.25) is 4.79 Å². The molecule has 16 heteroatoms. The summed E-state index contributed by atoms with van der Waals surface area (Å²) in [5.41, 5.74) is 5.22. The average molecular weight is 611 g/mol. The van der Waals surface area contributed by atoms with Gasteiger partial charge in [0.2, 0.25) is 0 Å². The lowest BCUT2D eigenvalue weighted by molar-refractivity contribution is -0.150. The maximum absolute atomic E-state index is 14.9. The Hall–Kier alpha value is -4.31. The number of sulfone groups is 1. The molecule has 0 saturated heterocycles. The monoisotopic (exact) mass is 610 g/mol. The molecule has 11 nitrogen and oxygen atoms in total. The van der Waals surface area contributed by atoms with E-state index in [2.05, 4.69) is 20.4 Å². The van der Waals surface area contributed by atoms with E-state index in [-0.39, 0.29) is 46.3 Å². The summed E-state index contributed by atoms with van der Waals surface area (Å²) < 4.78 is 92.1. The number of halogens is 4. The third-order valence-corrected chi connectivity index (χ3v) is 6.88. The van der Waals surface area contributed by atoms with Crippen LogP contribution in [0, 0.1) is 29.2 Å².